The number of sulfonamides is 1. The van der Waals surface area contributed by atoms with E-state index in [4.69, 9.17) is 4.74 Å². The minimum Gasteiger partial charge on any atom is -0.452 e. The summed E-state index contributed by atoms with van der Waals surface area (Å²) in [5, 5.41) is 2.77. The Hall–Kier alpha value is -1.91. The van der Waals surface area contributed by atoms with Gasteiger partial charge in [0.05, 0.1) is 15.0 Å². The number of benzene rings is 1. The zero-order valence-corrected chi connectivity index (χ0v) is 18.6. The number of rotatable bonds is 9. The van der Waals surface area contributed by atoms with E-state index in [9.17, 15) is 18.0 Å². The van der Waals surface area contributed by atoms with Gasteiger partial charge in [-0.1, -0.05) is 26.0 Å². The van der Waals surface area contributed by atoms with E-state index in [1.165, 1.54) is 18.2 Å². The van der Waals surface area contributed by atoms with Gasteiger partial charge in [-0.3, -0.25) is 9.52 Å². The fourth-order valence-corrected chi connectivity index (χ4v) is 5.45. The molecule has 2 rings (SSSR count). The third-order valence-electron chi connectivity index (χ3n) is 3.89. The van der Waals surface area contributed by atoms with Gasteiger partial charge < -0.3 is 10.1 Å². The van der Waals surface area contributed by atoms with E-state index in [-0.39, 0.29) is 21.5 Å². The summed E-state index contributed by atoms with van der Waals surface area (Å²) in [6, 6.07) is 9.18. The number of amides is 1. The molecule has 0 saturated carbocycles. The SMILES string of the molecule is CCC(CC)NC(=O)COC(=O)c1ccccc1NS(=O)(=O)c1ccc(Br)s1. The summed E-state index contributed by atoms with van der Waals surface area (Å²) in [6.07, 6.45) is 1.55. The first-order valence-electron chi connectivity index (χ1n) is 8.60. The van der Waals surface area contributed by atoms with Crippen LogP contribution in [0.5, 0.6) is 0 Å². The highest BCUT2D eigenvalue weighted by Gasteiger charge is 2.21. The number of carbonyl (C=O) groups excluding carboxylic acids is 2. The Morgan fingerprint density at radius 3 is 2.43 bits per heavy atom. The van der Waals surface area contributed by atoms with Crippen molar-refractivity contribution in [2.24, 2.45) is 0 Å². The summed E-state index contributed by atoms with van der Waals surface area (Å²) >= 11 is 4.27. The number of carbonyl (C=O) groups is 2. The average Bonchev–Trinajstić information content (AvgIpc) is 3.11. The molecule has 28 heavy (non-hydrogen) atoms. The van der Waals surface area contributed by atoms with Gasteiger partial charge in [-0.25, -0.2) is 13.2 Å². The molecule has 2 N–H and O–H groups in total. The van der Waals surface area contributed by atoms with Crippen LogP contribution in [-0.4, -0.2) is 32.9 Å². The smallest absolute Gasteiger partial charge is 0.340 e. The Bertz CT molecular complexity index is 939. The zero-order chi connectivity index (χ0) is 20.7. The van der Waals surface area contributed by atoms with Gasteiger partial charge in [0.1, 0.15) is 4.21 Å². The van der Waals surface area contributed by atoms with Gasteiger partial charge in [0, 0.05) is 6.04 Å². The Morgan fingerprint density at radius 1 is 1.14 bits per heavy atom. The lowest BCUT2D eigenvalue weighted by Gasteiger charge is -2.15. The molecule has 0 spiro atoms. The number of para-hydroxylation sites is 1. The van der Waals surface area contributed by atoms with Crippen molar-refractivity contribution in [3.63, 3.8) is 0 Å². The number of hydrogen-bond acceptors (Lipinski definition) is 6. The molecule has 1 amide bonds. The number of esters is 1. The molecule has 2 aromatic rings. The second kappa shape index (κ2) is 10.0. The van der Waals surface area contributed by atoms with Gasteiger partial charge in [-0.05, 0) is 53.0 Å². The molecule has 10 heteroatoms. The normalized spacial score (nSPS) is 11.3. The first-order valence-corrected chi connectivity index (χ1v) is 11.7. The largest absolute Gasteiger partial charge is 0.452 e. The third-order valence-corrected chi connectivity index (χ3v) is 7.37. The molecule has 0 fully saturated rings. The molecule has 0 radical (unpaired) electrons. The second-order valence-corrected chi connectivity index (χ2v) is 10.2. The lowest BCUT2D eigenvalue weighted by atomic mass is 10.2. The maximum absolute atomic E-state index is 12.5. The van der Waals surface area contributed by atoms with E-state index in [0.717, 1.165) is 24.2 Å². The van der Waals surface area contributed by atoms with Crippen LogP contribution in [0.1, 0.15) is 37.0 Å². The minimum absolute atomic E-state index is 0.0235. The van der Waals surface area contributed by atoms with Gasteiger partial charge in [0.15, 0.2) is 6.61 Å². The molecule has 1 aromatic heterocycles. The molecular weight excluding hydrogens is 468 g/mol. The topological polar surface area (TPSA) is 102 Å². The quantitative estimate of drug-likeness (QED) is 0.523. The van der Waals surface area contributed by atoms with Crippen molar-refractivity contribution < 1.29 is 22.7 Å². The van der Waals surface area contributed by atoms with Crippen LogP contribution in [0, 0.1) is 0 Å². The fourth-order valence-electron chi connectivity index (χ4n) is 2.36. The van der Waals surface area contributed by atoms with Crippen LogP contribution in [0.2, 0.25) is 0 Å². The van der Waals surface area contributed by atoms with Gasteiger partial charge >= 0.3 is 5.97 Å². The molecule has 0 aliphatic rings. The molecule has 0 bridgehead atoms. The standard InChI is InChI=1S/C18H21BrN2O5S2/c1-3-12(4-2)20-16(22)11-26-18(23)13-7-5-6-8-14(13)21-28(24,25)17-10-9-15(19)27-17/h5-10,12,21H,3-4,11H2,1-2H3,(H,20,22). The first kappa shape index (κ1) is 22.4. The molecule has 1 aromatic carbocycles. The number of thiophene rings is 1. The highest BCUT2D eigenvalue weighted by Crippen LogP contribution is 2.28. The number of hydrogen-bond donors (Lipinski definition) is 2. The summed E-state index contributed by atoms with van der Waals surface area (Å²) < 4.78 is 33.2. The van der Waals surface area contributed by atoms with Gasteiger partial charge in [-0.15, -0.1) is 11.3 Å². The monoisotopic (exact) mass is 488 g/mol. The van der Waals surface area contributed by atoms with Crippen molar-refractivity contribution in [3.8, 4) is 0 Å². The van der Waals surface area contributed by atoms with E-state index < -0.39 is 28.5 Å². The summed E-state index contributed by atoms with van der Waals surface area (Å²) in [5.74, 6) is -1.19. The summed E-state index contributed by atoms with van der Waals surface area (Å²) in [6.45, 7) is 3.47. The Kier molecular flexibility index (Phi) is 8.02. The van der Waals surface area contributed by atoms with Crippen LogP contribution < -0.4 is 10.0 Å². The molecule has 0 aliphatic carbocycles. The highest BCUT2D eigenvalue weighted by atomic mass is 79.9. The van der Waals surface area contributed by atoms with Crippen LogP contribution in [-0.2, 0) is 19.6 Å². The van der Waals surface area contributed by atoms with E-state index in [2.05, 4.69) is 26.0 Å². The first-order chi connectivity index (χ1) is 13.3. The molecular formula is C18H21BrN2O5S2. The lowest BCUT2D eigenvalue weighted by molar-refractivity contribution is -0.125. The second-order valence-electron chi connectivity index (χ2n) is 5.87. The van der Waals surface area contributed by atoms with Crippen molar-refractivity contribution >= 4 is 54.9 Å². The van der Waals surface area contributed by atoms with Crippen molar-refractivity contribution in [1.82, 2.24) is 5.32 Å². The predicted molar refractivity (Wildman–Crippen MR) is 112 cm³/mol. The van der Waals surface area contributed by atoms with Crippen LogP contribution >= 0.6 is 27.3 Å². The van der Waals surface area contributed by atoms with Crippen molar-refractivity contribution in [1.29, 1.82) is 0 Å². The van der Waals surface area contributed by atoms with E-state index in [1.807, 2.05) is 13.8 Å². The van der Waals surface area contributed by atoms with Crippen LogP contribution in [0.4, 0.5) is 5.69 Å². The Balaban J connectivity index is 2.09. The van der Waals surface area contributed by atoms with Gasteiger partial charge in [0.2, 0.25) is 0 Å². The van der Waals surface area contributed by atoms with Crippen LogP contribution in [0.15, 0.2) is 44.4 Å². The van der Waals surface area contributed by atoms with Crippen molar-refractivity contribution in [2.45, 2.75) is 36.9 Å². The summed E-state index contributed by atoms with van der Waals surface area (Å²) in [5.41, 5.74) is 0.106. The molecule has 7 nitrogen and oxygen atoms in total. The van der Waals surface area contributed by atoms with E-state index in [1.54, 1.807) is 18.2 Å². The molecule has 0 saturated heterocycles. The maximum atomic E-state index is 12.5. The van der Waals surface area contributed by atoms with Gasteiger partial charge in [-0.2, -0.15) is 0 Å². The molecule has 0 aliphatic heterocycles. The maximum Gasteiger partial charge on any atom is 0.340 e. The fraction of sp³-hybridized carbons (Fsp3) is 0.333. The highest BCUT2D eigenvalue weighted by molar-refractivity contribution is 9.11. The zero-order valence-electron chi connectivity index (χ0n) is 15.4. The van der Waals surface area contributed by atoms with Crippen LogP contribution in [0.25, 0.3) is 0 Å². The van der Waals surface area contributed by atoms with E-state index in [0.29, 0.717) is 3.79 Å². The van der Waals surface area contributed by atoms with E-state index >= 15 is 0 Å². The number of ether oxygens (including phenoxy) is 1. The molecule has 152 valence electrons. The van der Waals surface area contributed by atoms with Gasteiger partial charge in [0.25, 0.3) is 15.9 Å². The molecule has 1 heterocycles. The number of nitrogens with one attached hydrogen (secondary N) is 2. The number of halogens is 1. The Morgan fingerprint density at radius 2 is 1.82 bits per heavy atom. The Labute approximate surface area is 176 Å². The molecule has 0 unspecified atom stereocenters. The summed E-state index contributed by atoms with van der Waals surface area (Å²) in [4.78, 5) is 24.3. The predicted octanol–water partition coefficient (Wildman–Crippen LogP) is 3.77. The van der Waals surface area contributed by atoms with Crippen LogP contribution in [0.3, 0.4) is 0 Å². The number of anilines is 1. The average molecular weight is 489 g/mol. The lowest BCUT2D eigenvalue weighted by Crippen LogP contribution is -2.36. The molecule has 0 atom stereocenters. The van der Waals surface area contributed by atoms with Crippen molar-refractivity contribution in [3.05, 3.63) is 45.7 Å². The minimum atomic E-state index is -3.85. The third kappa shape index (κ3) is 6.05. The summed E-state index contributed by atoms with van der Waals surface area (Å²) in [7, 11) is -3.85. The van der Waals surface area contributed by atoms with Crippen molar-refractivity contribution in [2.75, 3.05) is 11.3 Å².